The summed E-state index contributed by atoms with van der Waals surface area (Å²) in [6, 6.07) is 3.60. The van der Waals surface area contributed by atoms with Gasteiger partial charge in [-0.05, 0) is 30.0 Å². The SMILES string of the molecule is CC(C)C1=C(F)CCc2nc(Cl)ccc21. The number of fused-ring (bicyclic) bond motifs is 1. The molecule has 15 heavy (non-hydrogen) atoms. The van der Waals surface area contributed by atoms with Crippen molar-refractivity contribution in [3.8, 4) is 0 Å². The summed E-state index contributed by atoms with van der Waals surface area (Å²) in [6.07, 6.45) is 1.10. The quantitative estimate of drug-likeness (QED) is 0.658. The van der Waals surface area contributed by atoms with Crippen LogP contribution in [0.4, 0.5) is 4.39 Å². The Balaban J connectivity index is 2.57. The zero-order valence-electron chi connectivity index (χ0n) is 8.85. The number of hydrogen-bond donors (Lipinski definition) is 0. The largest absolute Gasteiger partial charge is 0.241 e. The van der Waals surface area contributed by atoms with Crippen LogP contribution in [-0.4, -0.2) is 4.98 Å². The summed E-state index contributed by atoms with van der Waals surface area (Å²) >= 11 is 5.82. The number of hydrogen-bond acceptors (Lipinski definition) is 1. The molecule has 0 saturated carbocycles. The van der Waals surface area contributed by atoms with Gasteiger partial charge >= 0.3 is 0 Å². The Labute approximate surface area is 94.0 Å². The van der Waals surface area contributed by atoms with E-state index in [9.17, 15) is 4.39 Å². The summed E-state index contributed by atoms with van der Waals surface area (Å²) in [5.74, 6) is 0.189. The molecule has 1 aliphatic carbocycles. The van der Waals surface area contributed by atoms with Crippen molar-refractivity contribution in [3.63, 3.8) is 0 Å². The number of halogens is 2. The van der Waals surface area contributed by atoms with Crippen LogP contribution in [-0.2, 0) is 6.42 Å². The normalized spacial score (nSPS) is 15.8. The van der Waals surface area contributed by atoms with E-state index in [0.29, 0.717) is 18.0 Å². The van der Waals surface area contributed by atoms with Crippen molar-refractivity contribution < 1.29 is 4.39 Å². The van der Waals surface area contributed by atoms with Crippen LogP contribution in [0.1, 0.15) is 31.5 Å². The van der Waals surface area contributed by atoms with Crippen LogP contribution in [0.3, 0.4) is 0 Å². The summed E-state index contributed by atoms with van der Waals surface area (Å²) in [4.78, 5) is 4.25. The molecule has 0 amide bonds. The maximum atomic E-state index is 13.7. The number of aryl methyl sites for hydroxylation is 1. The molecule has 1 aliphatic rings. The van der Waals surface area contributed by atoms with E-state index < -0.39 is 0 Å². The van der Waals surface area contributed by atoms with Gasteiger partial charge in [0.2, 0.25) is 0 Å². The topological polar surface area (TPSA) is 12.9 Å². The van der Waals surface area contributed by atoms with Crippen LogP contribution in [0.15, 0.2) is 18.0 Å². The summed E-state index contributed by atoms with van der Waals surface area (Å²) in [5.41, 5.74) is 2.64. The van der Waals surface area contributed by atoms with Crippen molar-refractivity contribution in [3.05, 3.63) is 34.4 Å². The molecule has 1 heterocycles. The van der Waals surface area contributed by atoms with Gasteiger partial charge in [-0.25, -0.2) is 9.37 Å². The van der Waals surface area contributed by atoms with Crippen molar-refractivity contribution in [2.45, 2.75) is 26.7 Å². The van der Waals surface area contributed by atoms with Gasteiger partial charge in [0.1, 0.15) is 11.0 Å². The second kappa shape index (κ2) is 3.93. The molecule has 1 aromatic heterocycles. The fourth-order valence-corrected chi connectivity index (χ4v) is 2.21. The highest BCUT2D eigenvalue weighted by atomic mass is 35.5. The van der Waals surface area contributed by atoms with Gasteiger partial charge in [-0.15, -0.1) is 0 Å². The van der Waals surface area contributed by atoms with Crippen molar-refractivity contribution in [2.24, 2.45) is 5.92 Å². The first-order valence-electron chi connectivity index (χ1n) is 5.14. The first kappa shape index (κ1) is 10.6. The van der Waals surface area contributed by atoms with E-state index in [1.165, 1.54) is 0 Å². The lowest BCUT2D eigenvalue weighted by atomic mass is 9.87. The van der Waals surface area contributed by atoms with Crippen molar-refractivity contribution >= 4 is 17.2 Å². The van der Waals surface area contributed by atoms with E-state index in [4.69, 9.17) is 11.6 Å². The van der Waals surface area contributed by atoms with Crippen LogP contribution >= 0.6 is 11.6 Å². The molecule has 3 heteroatoms. The Hall–Kier alpha value is -0.890. The minimum atomic E-state index is 0.00150. The van der Waals surface area contributed by atoms with Gasteiger partial charge in [0.05, 0.1) is 5.69 Å². The van der Waals surface area contributed by atoms with Crippen molar-refractivity contribution in [1.29, 1.82) is 0 Å². The van der Waals surface area contributed by atoms with E-state index in [2.05, 4.69) is 4.98 Å². The summed E-state index contributed by atoms with van der Waals surface area (Å²) in [5, 5.41) is 0.485. The number of aromatic nitrogens is 1. The van der Waals surface area contributed by atoms with Crippen LogP contribution in [0.25, 0.3) is 5.57 Å². The average Bonchev–Trinajstić information content (AvgIpc) is 2.17. The number of allylic oxidation sites excluding steroid dienone is 2. The Morgan fingerprint density at radius 3 is 2.73 bits per heavy atom. The Morgan fingerprint density at radius 2 is 2.07 bits per heavy atom. The molecule has 0 N–H and O–H groups in total. The fourth-order valence-electron chi connectivity index (χ4n) is 2.04. The van der Waals surface area contributed by atoms with E-state index in [0.717, 1.165) is 16.8 Å². The predicted molar refractivity (Wildman–Crippen MR) is 60.4 cm³/mol. The molecular formula is C12H13ClFN. The van der Waals surface area contributed by atoms with Crippen LogP contribution < -0.4 is 0 Å². The van der Waals surface area contributed by atoms with E-state index in [1.807, 2.05) is 19.9 Å². The molecule has 0 atom stereocenters. The average molecular weight is 226 g/mol. The van der Waals surface area contributed by atoms with E-state index >= 15 is 0 Å². The third kappa shape index (κ3) is 1.91. The zero-order chi connectivity index (χ0) is 11.0. The lowest BCUT2D eigenvalue weighted by Crippen LogP contribution is -2.09. The standard InChI is InChI=1S/C12H13ClFN/c1-7(2)12-8-3-6-11(13)15-10(8)5-4-9(12)14/h3,6-7H,4-5H2,1-2H3. The minimum absolute atomic E-state index is 0.00150. The summed E-state index contributed by atoms with van der Waals surface area (Å²) < 4.78 is 13.7. The summed E-state index contributed by atoms with van der Waals surface area (Å²) in [7, 11) is 0. The molecule has 1 aromatic rings. The highest BCUT2D eigenvalue weighted by Gasteiger charge is 2.22. The first-order chi connectivity index (χ1) is 7.09. The highest BCUT2D eigenvalue weighted by Crippen LogP contribution is 2.36. The van der Waals surface area contributed by atoms with Gasteiger partial charge in [-0.3, -0.25) is 0 Å². The van der Waals surface area contributed by atoms with Gasteiger partial charge in [0.15, 0.2) is 0 Å². The molecule has 0 bridgehead atoms. The van der Waals surface area contributed by atoms with Crippen LogP contribution in [0.2, 0.25) is 5.15 Å². The number of rotatable bonds is 1. The zero-order valence-corrected chi connectivity index (χ0v) is 9.61. The third-order valence-electron chi connectivity index (χ3n) is 2.68. The number of nitrogens with zero attached hydrogens (tertiary/aromatic N) is 1. The molecule has 80 valence electrons. The second-order valence-electron chi connectivity index (χ2n) is 4.10. The molecule has 0 radical (unpaired) electrons. The Kier molecular flexibility index (Phi) is 2.79. The van der Waals surface area contributed by atoms with Gasteiger partial charge in [-0.2, -0.15) is 0 Å². The molecule has 0 fully saturated rings. The minimum Gasteiger partial charge on any atom is -0.241 e. The molecule has 0 aliphatic heterocycles. The van der Waals surface area contributed by atoms with Crippen LogP contribution in [0, 0.1) is 5.92 Å². The third-order valence-corrected chi connectivity index (χ3v) is 2.89. The van der Waals surface area contributed by atoms with E-state index in [1.54, 1.807) is 6.07 Å². The highest BCUT2D eigenvalue weighted by molar-refractivity contribution is 6.29. The van der Waals surface area contributed by atoms with Crippen molar-refractivity contribution in [2.75, 3.05) is 0 Å². The molecule has 0 aromatic carbocycles. The first-order valence-corrected chi connectivity index (χ1v) is 5.51. The number of pyridine rings is 1. The van der Waals surface area contributed by atoms with Gasteiger partial charge in [-0.1, -0.05) is 25.4 Å². The molecule has 0 saturated heterocycles. The lowest BCUT2D eigenvalue weighted by molar-refractivity contribution is 0.569. The smallest absolute Gasteiger partial charge is 0.129 e. The lowest BCUT2D eigenvalue weighted by Gasteiger charge is -2.21. The summed E-state index contributed by atoms with van der Waals surface area (Å²) in [6.45, 7) is 4.00. The van der Waals surface area contributed by atoms with E-state index in [-0.39, 0.29) is 11.7 Å². The fraction of sp³-hybridized carbons (Fsp3) is 0.417. The Bertz CT molecular complexity index is 424. The molecular weight excluding hydrogens is 213 g/mol. The van der Waals surface area contributed by atoms with Crippen molar-refractivity contribution in [1.82, 2.24) is 4.98 Å². The molecule has 0 unspecified atom stereocenters. The molecule has 1 nitrogen and oxygen atoms in total. The molecule has 0 spiro atoms. The molecule has 2 rings (SSSR count). The maximum Gasteiger partial charge on any atom is 0.129 e. The van der Waals surface area contributed by atoms with Gasteiger partial charge in [0.25, 0.3) is 0 Å². The van der Waals surface area contributed by atoms with Gasteiger partial charge in [0, 0.05) is 12.0 Å². The maximum absolute atomic E-state index is 13.7. The van der Waals surface area contributed by atoms with Gasteiger partial charge < -0.3 is 0 Å². The van der Waals surface area contributed by atoms with Crippen LogP contribution in [0.5, 0.6) is 0 Å². The Morgan fingerprint density at radius 1 is 1.33 bits per heavy atom. The predicted octanol–water partition coefficient (Wildman–Crippen LogP) is 4.02. The monoisotopic (exact) mass is 225 g/mol. The second-order valence-corrected chi connectivity index (χ2v) is 4.49.